The molecule has 0 radical (unpaired) electrons. The molecule has 2 aliphatic rings. The molecule has 3 heterocycles. The van der Waals surface area contributed by atoms with Crippen molar-refractivity contribution in [2.24, 2.45) is 0 Å². The average molecular weight is 307 g/mol. The molecule has 1 N–H and O–H groups in total. The highest BCUT2D eigenvalue weighted by molar-refractivity contribution is 5.76. The zero-order chi connectivity index (χ0) is 15.2. The summed E-state index contributed by atoms with van der Waals surface area (Å²) in [7, 11) is 0. The van der Waals surface area contributed by atoms with Crippen LogP contribution < -0.4 is 0 Å². The van der Waals surface area contributed by atoms with E-state index >= 15 is 0 Å². The molecule has 122 valence electrons. The van der Waals surface area contributed by atoms with Crippen molar-refractivity contribution in [2.45, 2.75) is 44.1 Å². The first kappa shape index (κ1) is 15.5. The largest absolute Gasteiger partial charge is 0.378 e. The highest BCUT2D eigenvalue weighted by atomic mass is 16.5. The van der Waals surface area contributed by atoms with Crippen LogP contribution in [0.5, 0.6) is 0 Å². The molecule has 2 saturated heterocycles. The molecular formula is C16H25N3O3. The fraction of sp³-hybridized carbons (Fsp3) is 0.750. The lowest BCUT2D eigenvalue weighted by Gasteiger charge is -2.32. The Morgan fingerprint density at radius 3 is 3.18 bits per heavy atom. The fourth-order valence-electron chi connectivity index (χ4n) is 3.26. The lowest BCUT2D eigenvalue weighted by molar-refractivity contribution is -0.133. The second kappa shape index (κ2) is 7.74. The standard InChI is InChI=1S/C16H25N3O3/c20-16(6-10-21-12-14-4-2-9-22-14)19-8-1-3-13(11-19)15-5-7-17-18-15/h5,7,13-14H,1-4,6,8-12H2,(H,17,18)/t13-,14-/m1/s1. The van der Waals surface area contributed by atoms with E-state index < -0.39 is 0 Å². The molecule has 3 rings (SSSR count). The predicted octanol–water partition coefficient (Wildman–Crippen LogP) is 1.70. The topological polar surface area (TPSA) is 67.5 Å². The van der Waals surface area contributed by atoms with Gasteiger partial charge in [-0.25, -0.2) is 0 Å². The van der Waals surface area contributed by atoms with Crippen LogP contribution in [0.1, 0.15) is 43.7 Å². The predicted molar refractivity (Wildman–Crippen MR) is 81.6 cm³/mol. The fourth-order valence-corrected chi connectivity index (χ4v) is 3.26. The summed E-state index contributed by atoms with van der Waals surface area (Å²) in [6.45, 7) is 3.59. The normalized spacial score (nSPS) is 25.5. The van der Waals surface area contributed by atoms with Crippen LogP contribution in [0.3, 0.4) is 0 Å². The Balaban J connectivity index is 1.37. The monoisotopic (exact) mass is 307 g/mol. The number of H-pyrrole nitrogens is 1. The van der Waals surface area contributed by atoms with Crippen molar-refractivity contribution in [3.63, 3.8) is 0 Å². The van der Waals surface area contributed by atoms with Crippen molar-refractivity contribution in [3.05, 3.63) is 18.0 Å². The molecule has 22 heavy (non-hydrogen) atoms. The quantitative estimate of drug-likeness (QED) is 0.812. The minimum absolute atomic E-state index is 0.191. The lowest BCUT2D eigenvalue weighted by atomic mass is 9.95. The molecule has 2 fully saturated rings. The van der Waals surface area contributed by atoms with Crippen LogP contribution in [0.15, 0.2) is 12.3 Å². The van der Waals surface area contributed by atoms with Gasteiger partial charge >= 0.3 is 0 Å². The summed E-state index contributed by atoms with van der Waals surface area (Å²) in [6.07, 6.45) is 6.82. The molecule has 1 amide bonds. The smallest absolute Gasteiger partial charge is 0.224 e. The minimum Gasteiger partial charge on any atom is -0.378 e. The number of piperidine rings is 1. The van der Waals surface area contributed by atoms with Gasteiger partial charge in [0.1, 0.15) is 0 Å². The number of amides is 1. The number of aromatic nitrogens is 2. The molecule has 0 aromatic carbocycles. The SMILES string of the molecule is O=C(CCOC[C@H]1CCCO1)N1CCC[C@@H](c2ccn[nH]2)C1. The zero-order valence-corrected chi connectivity index (χ0v) is 13.0. The van der Waals surface area contributed by atoms with E-state index in [0.717, 1.165) is 51.1 Å². The molecule has 2 aliphatic heterocycles. The van der Waals surface area contributed by atoms with Crippen LogP contribution >= 0.6 is 0 Å². The third-order valence-electron chi connectivity index (χ3n) is 4.52. The van der Waals surface area contributed by atoms with Crippen molar-refractivity contribution < 1.29 is 14.3 Å². The van der Waals surface area contributed by atoms with Gasteiger partial charge in [0, 0.05) is 37.5 Å². The lowest BCUT2D eigenvalue weighted by Crippen LogP contribution is -2.39. The number of aromatic amines is 1. The van der Waals surface area contributed by atoms with Crippen molar-refractivity contribution in [1.29, 1.82) is 0 Å². The first-order chi connectivity index (χ1) is 10.8. The van der Waals surface area contributed by atoms with Crippen LogP contribution in [0, 0.1) is 0 Å². The Hall–Kier alpha value is -1.40. The second-order valence-electron chi connectivity index (χ2n) is 6.15. The summed E-state index contributed by atoms with van der Waals surface area (Å²) < 4.78 is 11.1. The Morgan fingerprint density at radius 1 is 1.45 bits per heavy atom. The van der Waals surface area contributed by atoms with Gasteiger partial charge in [-0.05, 0) is 31.7 Å². The molecule has 0 aliphatic carbocycles. The van der Waals surface area contributed by atoms with E-state index in [1.807, 2.05) is 11.0 Å². The number of nitrogens with zero attached hydrogens (tertiary/aromatic N) is 2. The van der Waals surface area contributed by atoms with Crippen LogP contribution in [-0.2, 0) is 14.3 Å². The molecule has 6 heteroatoms. The molecule has 0 unspecified atom stereocenters. The summed E-state index contributed by atoms with van der Waals surface area (Å²) >= 11 is 0. The molecule has 0 saturated carbocycles. The number of hydrogen-bond donors (Lipinski definition) is 1. The first-order valence-corrected chi connectivity index (χ1v) is 8.29. The summed E-state index contributed by atoms with van der Waals surface area (Å²) in [5.74, 6) is 0.574. The molecule has 1 aromatic heterocycles. The zero-order valence-electron chi connectivity index (χ0n) is 13.0. The highest BCUT2D eigenvalue weighted by Gasteiger charge is 2.25. The molecule has 0 spiro atoms. The third kappa shape index (κ3) is 4.08. The van der Waals surface area contributed by atoms with Gasteiger partial charge in [0.05, 0.1) is 25.7 Å². The highest BCUT2D eigenvalue weighted by Crippen LogP contribution is 2.25. The van der Waals surface area contributed by atoms with Crippen LogP contribution in [0.4, 0.5) is 0 Å². The Kier molecular flexibility index (Phi) is 5.45. The Bertz CT molecular complexity index is 457. The number of ether oxygens (including phenoxy) is 2. The van der Waals surface area contributed by atoms with E-state index in [-0.39, 0.29) is 12.0 Å². The van der Waals surface area contributed by atoms with Crippen molar-refractivity contribution >= 4 is 5.91 Å². The summed E-state index contributed by atoms with van der Waals surface area (Å²) in [6, 6.07) is 2.00. The molecule has 1 aromatic rings. The minimum atomic E-state index is 0.191. The van der Waals surface area contributed by atoms with E-state index in [2.05, 4.69) is 10.2 Å². The summed E-state index contributed by atoms with van der Waals surface area (Å²) in [5, 5.41) is 7.03. The number of nitrogens with one attached hydrogen (secondary N) is 1. The second-order valence-corrected chi connectivity index (χ2v) is 6.15. The molecule has 2 atom stereocenters. The first-order valence-electron chi connectivity index (χ1n) is 8.29. The van der Waals surface area contributed by atoms with E-state index in [9.17, 15) is 4.79 Å². The third-order valence-corrected chi connectivity index (χ3v) is 4.52. The van der Waals surface area contributed by atoms with E-state index in [1.165, 1.54) is 0 Å². The van der Waals surface area contributed by atoms with Crippen LogP contribution in [0.2, 0.25) is 0 Å². The van der Waals surface area contributed by atoms with Gasteiger partial charge in [-0.1, -0.05) is 0 Å². The van der Waals surface area contributed by atoms with Crippen LogP contribution in [-0.4, -0.2) is 60.0 Å². The number of rotatable bonds is 6. The van der Waals surface area contributed by atoms with E-state index in [1.54, 1.807) is 6.20 Å². The van der Waals surface area contributed by atoms with Gasteiger partial charge in [0.15, 0.2) is 0 Å². The van der Waals surface area contributed by atoms with Gasteiger partial charge in [-0.3, -0.25) is 9.89 Å². The van der Waals surface area contributed by atoms with Crippen molar-refractivity contribution in [3.8, 4) is 0 Å². The number of hydrogen-bond acceptors (Lipinski definition) is 4. The number of carbonyl (C=O) groups is 1. The Labute approximate surface area is 131 Å². The van der Waals surface area contributed by atoms with Gasteiger partial charge in [-0.15, -0.1) is 0 Å². The average Bonchev–Trinajstić information content (AvgIpc) is 3.24. The van der Waals surface area contributed by atoms with Crippen molar-refractivity contribution in [1.82, 2.24) is 15.1 Å². The van der Waals surface area contributed by atoms with Gasteiger partial charge in [0.25, 0.3) is 0 Å². The maximum absolute atomic E-state index is 12.3. The molecule has 0 bridgehead atoms. The molecular weight excluding hydrogens is 282 g/mol. The van der Waals surface area contributed by atoms with Gasteiger partial charge < -0.3 is 14.4 Å². The summed E-state index contributed by atoms with van der Waals surface area (Å²) in [5.41, 5.74) is 1.13. The number of carbonyl (C=O) groups excluding carboxylic acids is 1. The van der Waals surface area contributed by atoms with E-state index in [0.29, 0.717) is 25.6 Å². The maximum atomic E-state index is 12.3. The van der Waals surface area contributed by atoms with Crippen LogP contribution in [0.25, 0.3) is 0 Å². The molecule has 6 nitrogen and oxygen atoms in total. The summed E-state index contributed by atoms with van der Waals surface area (Å²) in [4.78, 5) is 14.3. The van der Waals surface area contributed by atoms with E-state index in [4.69, 9.17) is 9.47 Å². The van der Waals surface area contributed by atoms with Gasteiger partial charge in [0.2, 0.25) is 5.91 Å². The van der Waals surface area contributed by atoms with Crippen molar-refractivity contribution in [2.75, 3.05) is 32.9 Å². The van der Waals surface area contributed by atoms with Gasteiger partial charge in [-0.2, -0.15) is 5.10 Å². The maximum Gasteiger partial charge on any atom is 0.224 e. The number of likely N-dealkylation sites (tertiary alicyclic amines) is 1. The Morgan fingerprint density at radius 2 is 2.41 bits per heavy atom.